The van der Waals surface area contributed by atoms with Crippen LogP contribution in [0.3, 0.4) is 0 Å². The summed E-state index contributed by atoms with van der Waals surface area (Å²) in [7, 11) is 1.84. The standard InChI is InChI=1S/C18H13ClN6O2/c1-24-17-14(8-21-24)18-22-16(23-25(18)10-20-17)15-7-6-13(27-15)9-26-12-4-2-11(19)3-5-12/h2-8,10H,9H2,1H3. The van der Waals surface area contributed by atoms with E-state index >= 15 is 0 Å². The van der Waals surface area contributed by atoms with Gasteiger partial charge in [0.1, 0.15) is 24.4 Å². The van der Waals surface area contributed by atoms with Gasteiger partial charge in [0.05, 0.1) is 11.6 Å². The molecule has 4 heterocycles. The number of benzene rings is 1. The number of halogens is 1. The van der Waals surface area contributed by atoms with Crippen molar-refractivity contribution in [2.24, 2.45) is 7.05 Å². The number of hydrogen-bond donors (Lipinski definition) is 0. The first-order valence-corrected chi connectivity index (χ1v) is 8.56. The van der Waals surface area contributed by atoms with Crippen molar-refractivity contribution in [2.75, 3.05) is 0 Å². The third-order valence-electron chi connectivity index (χ3n) is 4.15. The fourth-order valence-corrected chi connectivity index (χ4v) is 2.93. The number of furan rings is 1. The minimum Gasteiger partial charge on any atom is -0.486 e. The minimum absolute atomic E-state index is 0.295. The summed E-state index contributed by atoms with van der Waals surface area (Å²) in [6.45, 7) is 0.295. The molecule has 0 N–H and O–H groups in total. The Bertz CT molecular complexity index is 1250. The first-order chi connectivity index (χ1) is 13.2. The lowest BCUT2D eigenvalue weighted by Crippen LogP contribution is -1.94. The van der Waals surface area contributed by atoms with Gasteiger partial charge in [-0.3, -0.25) is 4.68 Å². The fourth-order valence-electron chi connectivity index (χ4n) is 2.80. The number of aryl methyl sites for hydroxylation is 1. The summed E-state index contributed by atoms with van der Waals surface area (Å²) in [6, 6.07) is 10.8. The fraction of sp³-hybridized carbons (Fsp3) is 0.111. The molecule has 0 aliphatic carbocycles. The number of aromatic nitrogens is 6. The van der Waals surface area contributed by atoms with Gasteiger partial charge in [-0.2, -0.15) is 5.10 Å². The molecule has 134 valence electrons. The van der Waals surface area contributed by atoms with E-state index < -0.39 is 0 Å². The van der Waals surface area contributed by atoms with E-state index in [1.807, 2.05) is 31.3 Å². The highest BCUT2D eigenvalue weighted by Gasteiger charge is 2.15. The molecule has 9 heteroatoms. The lowest BCUT2D eigenvalue weighted by molar-refractivity contribution is 0.272. The van der Waals surface area contributed by atoms with Crippen molar-refractivity contribution < 1.29 is 9.15 Å². The molecule has 0 unspecified atom stereocenters. The molecule has 1 aromatic carbocycles. The normalized spacial score (nSPS) is 11.5. The van der Waals surface area contributed by atoms with Gasteiger partial charge in [0, 0.05) is 12.1 Å². The van der Waals surface area contributed by atoms with E-state index in [0.29, 0.717) is 40.4 Å². The monoisotopic (exact) mass is 380 g/mol. The molecule has 0 aliphatic heterocycles. The van der Waals surface area contributed by atoms with Crippen LogP contribution in [0.5, 0.6) is 5.75 Å². The minimum atomic E-state index is 0.295. The number of rotatable bonds is 4. The first-order valence-electron chi connectivity index (χ1n) is 8.18. The number of nitrogens with zero attached hydrogens (tertiary/aromatic N) is 6. The van der Waals surface area contributed by atoms with Crippen LogP contribution in [0, 0.1) is 0 Å². The molecule has 0 saturated heterocycles. The van der Waals surface area contributed by atoms with Gasteiger partial charge in [0.15, 0.2) is 17.1 Å². The Kier molecular flexibility index (Phi) is 3.58. The van der Waals surface area contributed by atoms with E-state index in [1.54, 1.807) is 33.9 Å². The molecule has 0 bridgehead atoms. The van der Waals surface area contributed by atoms with Gasteiger partial charge < -0.3 is 9.15 Å². The van der Waals surface area contributed by atoms with E-state index in [1.165, 1.54) is 0 Å². The Morgan fingerprint density at radius 1 is 1.11 bits per heavy atom. The van der Waals surface area contributed by atoms with Crippen molar-refractivity contribution in [1.29, 1.82) is 0 Å². The van der Waals surface area contributed by atoms with Crippen molar-refractivity contribution in [1.82, 2.24) is 29.4 Å². The Hall–Kier alpha value is -3.39. The van der Waals surface area contributed by atoms with Crippen molar-refractivity contribution >= 4 is 28.3 Å². The molecular formula is C18H13ClN6O2. The zero-order chi connectivity index (χ0) is 18.4. The van der Waals surface area contributed by atoms with Gasteiger partial charge in [-0.05, 0) is 36.4 Å². The van der Waals surface area contributed by atoms with Gasteiger partial charge in [-0.15, -0.1) is 5.10 Å². The lowest BCUT2D eigenvalue weighted by Gasteiger charge is -2.03. The second-order valence-electron chi connectivity index (χ2n) is 5.96. The molecule has 4 aromatic heterocycles. The van der Waals surface area contributed by atoms with Gasteiger partial charge in [-0.1, -0.05) is 11.6 Å². The van der Waals surface area contributed by atoms with Crippen LogP contribution in [0.25, 0.3) is 28.3 Å². The zero-order valence-electron chi connectivity index (χ0n) is 14.2. The molecule has 0 radical (unpaired) electrons. The topological polar surface area (TPSA) is 83.3 Å². The quantitative estimate of drug-likeness (QED) is 0.474. The predicted octanol–water partition coefficient (Wildman–Crippen LogP) is 3.50. The Balaban J connectivity index is 1.42. The van der Waals surface area contributed by atoms with Crippen molar-refractivity contribution in [2.45, 2.75) is 6.61 Å². The smallest absolute Gasteiger partial charge is 0.217 e. The molecular weight excluding hydrogens is 368 g/mol. The highest BCUT2D eigenvalue weighted by atomic mass is 35.5. The molecule has 0 amide bonds. The summed E-state index contributed by atoms with van der Waals surface area (Å²) in [5.74, 6) is 2.42. The van der Waals surface area contributed by atoms with Crippen LogP contribution in [-0.2, 0) is 13.7 Å². The average molecular weight is 381 g/mol. The SMILES string of the molecule is Cn1ncc2c1ncn1nc(-c3ccc(COc4ccc(Cl)cc4)o3)nc21. The third-order valence-corrected chi connectivity index (χ3v) is 4.40. The maximum Gasteiger partial charge on any atom is 0.217 e. The van der Waals surface area contributed by atoms with E-state index in [-0.39, 0.29) is 0 Å². The van der Waals surface area contributed by atoms with Crippen LogP contribution in [0.1, 0.15) is 5.76 Å². The summed E-state index contributed by atoms with van der Waals surface area (Å²) in [5, 5.41) is 10.2. The Labute approximate surface area is 158 Å². The molecule has 27 heavy (non-hydrogen) atoms. The molecule has 0 saturated carbocycles. The van der Waals surface area contributed by atoms with Gasteiger partial charge in [0.2, 0.25) is 5.82 Å². The van der Waals surface area contributed by atoms with E-state index in [4.69, 9.17) is 20.8 Å². The van der Waals surface area contributed by atoms with Gasteiger partial charge in [0.25, 0.3) is 0 Å². The third kappa shape index (κ3) is 2.80. The molecule has 0 atom stereocenters. The lowest BCUT2D eigenvalue weighted by atomic mass is 10.3. The predicted molar refractivity (Wildman–Crippen MR) is 98.5 cm³/mol. The number of hydrogen-bond acceptors (Lipinski definition) is 6. The van der Waals surface area contributed by atoms with E-state index in [0.717, 1.165) is 11.0 Å². The van der Waals surface area contributed by atoms with Crippen molar-refractivity contribution in [3.05, 3.63) is 59.7 Å². The van der Waals surface area contributed by atoms with Gasteiger partial charge >= 0.3 is 0 Å². The average Bonchev–Trinajstić information content (AvgIpc) is 3.39. The summed E-state index contributed by atoms with van der Waals surface area (Å²) >= 11 is 5.87. The van der Waals surface area contributed by atoms with Crippen LogP contribution < -0.4 is 4.74 Å². The Morgan fingerprint density at radius 2 is 1.96 bits per heavy atom. The van der Waals surface area contributed by atoms with E-state index in [9.17, 15) is 0 Å². The zero-order valence-corrected chi connectivity index (χ0v) is 15.0. The van der Waals surface area contributed by atoms with Crippen LogP contribution in [-0.4, -0.2) is 29.4 Å². The largest absolute Gasteiger partial charge is 0.486 e. The maximum absolute atomic E-state index is 5.87. The van der Waals surface area contributed by atoms with Crippen molar-refractivity contribution in [3.8, 4) is 17.3 Å². The molecule has 0 fully saturated rings. The highest BCUT2D eigenvalue weighted by Crippen LogP contribution is 2.23. The molecule has 0 spiro atoms. The second-order valence-corrected chi connectivity index (χ2v) is 6.40. The summed E-state index contributed by atoms with van der Waals surface area (Å²) in [6.07, 6.45) is 3.34. The number of ether oxygens (including phenoxy) is 1. The van der Waals surface area contributed by atoms with Gasteiger partial charge in [-0.25, -0.2) is 14.5 Å². The first kappa shape index (κ1) is 15.8. The van der Waals surface area contributed by atoms with Crippen LogP contribution in [0.15, 0.2) is 53.3 Å². The van der Waals surface area contributed by atoms with Crippen LogP contribution >= 0.6 is 11.6 Å². The Morgan fingerprint density at radius 3 is 2.81 bits per heavy atom. The number of fused-ring (bicyclic) bond motifs is 3. The summed E-state index contributed by atoms with van der Waals surface area (Å²) < 4.78 is 14.8. The summed E-state index contributed by atoms with van der Waals surface area (Å²) in [5.41, 5.74) is 1.43. The molecule has 0 aliphatic rings. The highest BCUT2D eigenvalue weighted by molar-refractivity contribution is 6.30. The summed E-state index contributed by atoms with van der Waals surface area (Å²) in [4.78, 5) is 8.93. The van der Waals surface area contributed by atoms with Crippen LogP contribution in [0.4, 0.5) is 0 Å². The second kappa shape index (κ2) is 6.10. The molecule has 8 nitrogen and oxygen atoms in total. The maximum atomic E-state index is 5.87. The van der Waals surface area contributed by atoms with Crippen LogP contribution in [0.2, 0.25) is 5.02 Å². The molecule has 5 rings (SSSR count). The van der Waals surface area contributed by atoms with Crippen molar-refractivity contribution in [3.63, 3.8) is 0 Å². The molecule has 5 aromatic rings. The van der Waals surface area contributed by atoms with E-state index in [2.05, 4.69) is 20.2 Å².